The van der Waals surface area contributed by atoms with E-state index in [1.54, 1.807) is 0 Å². The van der Waals surface area contributed by atoms with E-state index in [1.807, 2.05) is 0 Å². The van der Waals surface area contributed by atoms with Gasteiger partial charge in [0.1, 0.15) is 0 Å². The molecule has 1 fully saturated rings. The summed E-state index contributed by atoms with van der Waals surface area (Å²) in [5, 5.41) is 11.8. The van der Waals surface area contributed by atoms with Gasteiger partial charge in [0.2, 0.25) is 0 Å². The number of nitrogens with zero attached hydrogens (tertiary/aromatic N) is 3. The highest BCUT2D eigenvalue weighted by Crippen LogP contribution is 2.09. The second-order valence-electron chi connectivity index (χ2n) is 4.48. The minimum Gasteiger partial charge on any atom is -0.308 e. The molecule has 1 heterocycles. The maximum Gasteiger partial charge on any atom is 0.0843 e. The number of rotatable bonds is 5. The molecule has 86 valence electrons. The molecule has 0 aromatic heterocycles. The normalized spacial score (nSPS) is 22.9. The molecule has 15 heavy (non-hydrogen) atoms. The van der Waals surface area contributed by atoms with Crippen LogP contribution in [0.4, 0.5) is 0 Å². The van der Waals surface area contributed by atoms with Crippen molar-refractivity contribution >= 4 is 0 Å². The maximum absolute atomic E-state index is 8.51. The molecular weight excluding hydrogens is 188 g/mol. The molecule has 1 unspecified atom stereocenters. The van der Waals surface area contributed by atoms with Crippen LogP contribution < -0.4 is 5.32 Å². The van der Waals surface area contributed by atoms with Crippen LogP contribution >= 0.6 is 0 Å². The van der Waals surface area contributed by atoms with Crippen LogP contribution in [0.1, 0.15) is 12.8 Å². The quantitative estimate of drug-likeness (QED) is 0.655. The highest BCUT2D eigenvalue weighted by atomic mass is 15.2. The summed E-state index contributed by atoms with van der Waals surface area (Å²) in [6, 6.07) is 2.66. The number of nitrogens with one attached hydrogen (secondary N) is 1. The van der Waals surface area contributed by atoms with E-state index < -0.39 is 0 Å². The molecule has 0 spiro atoms. The molecule has 1 aliphatic heterocycles. The zero-order valence-electron chi connectivity index (χ0n) is 9.87. The topological polar surface area (TPSA) is 42.3 Å². The summed E-state index contributed by atoms with van der Waals surface area (Å²) in [5.41, 5.74) is 0. The fourth-order valence-electron chi connectivity index (χ4n) is 1.96. The van der Waals surface area contributed by atoms with Crippen molar-refractivity contribution in [2.24, 2.45) is 0 Å². The third-order valence-corrected chi connectivity index (χ3v) is 2.84. The SMILES string of the molecule is CN(C)CCN1CCCC(NCC#N)C1. The molecule has 1 saturated heterocycles. The average Bonchev–Trinajstić information content (AvgIpc) is 2.24. The van der Waals surface area contributed by atoms with E-state index in [0.29, 0.717) is 12.6 Å². The number of likely N-dealkylation sites (N-methyl/N-ethyl adjacent to an activating group) is 1. The van der Waals surface area contributed by atoms with E-state index in [9.17, 15) is 0 Å². The Hall–Kier alpha value is -0.630. The molecule has 1 atom stereocenters. The molecule has 0 bridgehead atoms. The number of hydrogen-bond donors (Lipinski definition) is 1. The van der Waals surface area contributed by atoms with Crippen molar-refractivity contribution in [1.82, 2.24) is 15.1 Å². The first kappa shape index (κ1) is 12.4. The van der Waals surface area contributed by atoms with Gasteiger partial charge in [0.25, 0.3) is 0 Å². The van der Waals surface area contributed by atoms with Crippen LogP contribution in [0, 0.1) is 11.3 Å². The second kappa shape index (κ2) is 6.78. The van der Waals surface area contributed by atoms with Gasteiger partial charge in [0.15, 0.2) is 0 Å². The maximum atomic E-state index is 8.51. The average molecular weight is 210 g/mol. The number of nitriles is 1. The Morgan fingerprint density at radius 2 is 2.33 bits per heavy atom. The molecule has 4 nitrogen and oxygen atoms in total. The van der Waals surface area contributed by atoms with Gasteiger partial charge in [0.05, 0.1) is 12.6 Å². The fourth-order valence-corrected chi connectivity index (χ4v) is 1.96. The Kier molecular flexibility index (Phi) is 5.62. The smallest absolute Gasteiger partial charge is 0.0843 e. The van der Waals surface area contributed by atoms with Gasteiger partial charge in [-0.25, -0.2) is 0 Å². The summed E-state index contributed by atoms with van der Waals surface area (Å²) in [6.07, 6.45) is 2.46. The van der Waals surface area contributed by atoms with E-state index >= 15 is 0 Å². The van der Waals surface area contributed by atoms with Crippen LogP contribution in [0.2, 0.25) is 0 Å². The third kappa shape index (κ3) is 5.12. The molecule has 4 heteroatoms. The van der Waals surface area contributed by atoms with Crippen molar-refractivity contribution in [1.29, 1.82) is 5.26 Å². The lowest BCUT2D eigenvalue weighted by Gasteiger charge is -2.33. The summed E-state index contributed by atoms with van der Waals surface area (Å²) in [5.74, 6) is 0. The highest BCUT2D eigenvalue weighted by molar-refractivity contribution is 4.83. The van der Waals surface area contributed by atoms with Crippen molar-refractivity contribution in [3.63, 3.8) is 0 Å². The number of piperidine rings is 1. The monoisotopic (exact) mass is 210 g/mol. The lowest BCUT2D eigenvalue weighted by molar-refractivity contribution is 0.178. The first-order valence-electron chi connectivity index (χ1n) is 5.70. The first-order chi connectivity index (χ1) is 7.22. The minimum atomic E-state index is 0.478. The van der Waals surface area contributed by atoms with Gasteiger partial charge in [-0.05, 0) is 33.5 Å². The molecule has 1 N–H and O–H groups in total. The van der Waals surface area contributed by atoms with Crippen LogP contribution in [-0.4, -0.2) is 62.7 Å². The molecular formula is C11H22N4. The van der Waals surface area contributed by atoms with Crippen LogP contribution in [0.25, 0.3) is 0 Å². The van der Waals surface area contributed by atoms with Crippen molar-refractivity contribution in [2.45, 2.75) is 18.9 Å². The van der Waals surface area contributed by atoms with Gasteiger partial charge < -0.3 is 15.1 Å². The Labute approximate surface area is 92.8 Å². The van der Waals surface area contributed by atoms with Crippen LogP contribution in [0.15, 0.2) is 0 Å². The summed E-state index contributed by atoms with van der Waals surface area (Å²) in [4.78, 5) is 4.70. The van der Waals surface area contributed by atoms with E-state index in [2.05, 4.69) is 35.3 Å². The molecule has 0 aromatic carbocycles. The third-order valence-electron chi connectivity index (χ3n) is 2.84. The minimum absolute atomic E-state index is 0.478. The lowest BCUT2D eigenvalue weighted by atomic mass is 10.1. The Bertz CT molecular complexity index is 209. The van der Waals surface area contributed by atoms with E-state index in [1.165, 1.54) is 19.4 Å². The summed E-state index contributed by atoms with van der Waals surface area (Å²) < 4.78 is 0. The molecule has 0 aliphatic carbocycles. The lowest BCUT2D eigenvalue weighted by Crippen LogP contribution is -2.47. The molecule has 0 amide bonds. The van der Waals surface area contributed by atoms with E-state index in [4.69, 9.17) is 5.26 Å². The summed E-state index contributed by atoms with van der Waals surface area (Å²) >= 11 is 0. The first-order valence-corrected chi connectivity index (χ1v) is 5.70. The summed E-state index contributed by atoms with van der Waals surface area (Å²) in [7, 11) is 4.21. The van der Waals surface area contributed by atoms with Crippen molar-refractivity contribution in [2.75, 3.05) is 46.8 Å². The molecule has 0 radical (unpaired) electrons. The van der Waals surface area contributed by atoms with Gasteiger partial charge in [0, 0.05) is 25.7 Å². The number of likely N-dealkylation sites (tertiary alicyclic amines) is 1. The molecule has 1 aliphatic rings. The van der Waals surface area contributed by atoms with Gasteiger partial charge in [-0.15, -0.1) is 0 Å². The molecule has 0 saturated carbocycles. The van der Waals surface area contributed by atoms with Gasteiger partial charge in [-0.1, -0.05) is 0 Å². The Morgan fingerprint density at radius 1 is 1.53 bits per heavy atom. The predicted molar refractivity (Wildman–Crippen MR) is 61.6 cm³/mol. The van der Waals surface area contributed by atoms with E-state index in [0.717, 1.165) is 19.6 Å². The van der Waals surface area contributed by atoms with Crippen molar-refractivity contribution in [3.05, 3.63) is 0 Å². The van der Waals surface area contributed by atoms with Gasteiger partial charge >= 0.3 is 0 Å². The number of hydrogen-bond acceptors (Lipinski definition) is 4. The van der Waals surface area contributed by atoms with Gasteiger partial charge in [-0.2, -0.15) is 5.26 Å². The van der Waals surface area contributed by atoms with Gasteiger partial charge in [-0.3, -0.25) is 0 Å². The fraction of sp³-hybridized carbons (Fsp3) is 0.909. The highest BCUT2D eigenvalue weighted by Gasteiger charge is 2.18. The van der Waals surface area contributed by atoms with Crippen molar-refractivity contribution in [3.8, 4) is 6.07 Å². The Morgan fingerprint density at radius 3 is 3.00 bits per heavy atom. The Balaban J connectivity index is 2.20. The van der Waals surface area contributed by atoms with Crippen LogP contribution in [0.5, 0.6) is 0 Å². The standard InChI is InChI=1S/C11H22N4/c1-14(2)8-9-15-7-3-4-11(10-15)13-6-5-12/h11,13H,3-4,6-10H2,1-2H3. The zero-order valence-corrected chi connectivity index (χ0v) is 9.87. The second-order valence-corrected chi connectivity index (χ2v) is 4.48. The zero-order chi connectivity index (χ0) is 11.1. The van der Waals surface area contributed by atoms with Crippen LogP contribution in [-0.2, 0) is 0 Å². The summed E-state index contributed by atoms with van der Waals surface area (Å²) in [6.45, 7) is 5.03. The largest absolute Gasteiger partial charge is 0.308 e. The van der Waals surface area contributed by atoms with Crippen LogP contribution in [0.3, 0.4) is 0 Å². The molecule has 1 rings (SSSR count). The molecule has 0 aromatic rings. The predicted octanol–water partition coefficient (Wildman–Crippen LogP) is 0.126. The van der Waals surface area contributed by atoms with Crippen molar-refractivity contribution < 1.29 is 0 Å². The van der Waals surface area contributed by atoms with E-state index in [-0.39, 0.29) is 0 Å².